The van der Waals surface area contributed by atoms with Crippen LogP contribution in [-0.4, -0.2) is 32.7 Å². The van der Waals surface area contributed by atoms with E-state index in [0.29, 0.717) is 22.9 Å². The Kier molecular flexibility index (Phi) is 7.53. The summed E-state index contributed by atoms with van der Waals surface area (Å²) >= 11 is 0. The molecule has 1 amide bonds. The maximum Gasteiger partial charge on any atom is 0.338 e. The highest BCUT2D eigenvalue weighted by Crippen LogP contribution is 2.29. The van der Waals surface area contributed by atoms with Gasteiger partial charge in [-0.1, -0.05) is 30.3 Å². The van der Waals surface area contributed by atoms with E-state index in [1.54, 1.807) is 18.2 Å². The predicted molar refractivity (Wildman–Crippen MR) is 120 cm³/mol. The summed E-state index contributed by atoms with van der Waals surface area (Å²) in [5.74, 6) is 0.298. The Labute approximate surface area is 185 Å². The molecule has 0 saturated heterocycles. The summed E-state index contributed by atoms with van der Waals surface area (Å²) in [7, 11) is 3.03. The van der Waals surface area contributed by atoms with E-state index in [2.05, 4.69) is 5.32 Å². The lowest BCUT2D eigenvalue weighted by molar-refractivity contribution is -0.118. The number of carbonyl (C=O) groups excluding carboxylic acids is 2. The molecule has 166 valence electrons. The molecule has 3 N–H and O–H groups in total. The molecule has 3 aromatic carbocycles. The molecule has 32 heavy (non-hydrogen) atoms. The highest BCUT2D eigenvalue weighted by atomic mass is 16.5. The van der Waals surface area contributed by atoms with Crippen LogP contribution in [0.1, 0.15) is 15.9 Å². The van der Waals surface area contributed by atoms with Crippen molar-refractivity contribution in [1.29, 1.82) is 0 Å². The number of esters is 1. The Bertz CT molecular complexity index is 1090. The van der Waals surface area contributed by atoms with Gasteiger partial charge in [0.15, 0.2) is 6.61 Å². The third-order valence-electron chi connectivity index (χ3n) is 4.50. The highest BCUT2D eigenvalue weighted by molar-refractivity contribution is 5.94. The molecule has 8 nitrogen and oxygen atoms in total. The standard InChI is InChI=1S/C24H24N2O6/c1-29-18-9-11-20(22(13-18)30-2)26-23(27)15-31-21-12-17(8-10-19(21)25)24(28)32-14-16-6-4-3-5-7-16/h3-13H,14-15,25H2,1-2H3,(H,26,27). The number of nitrogens with one attached hydrogen (secondary N) is 1. The lowest BCUT2D eigenvalue weighted by Crippen LogP contribution is -2.21. The van der Waals surface area contributed by atoms with Gasteiger partial charge in [-0.25, -0.2) is 4.79 Å². The zero-order chi connectivity index (χ0) is 22.9. The van der Waals surface area contributed by atoms with Crippen molar-refractivity contribution in [2.45, 2.75) is 6.61 Å². The smallest absolute Gasteiger partial charge is 0.338 e. The van der Waals surface area contributed by atoms with Gasteiger partial charge < -0.3 is 30.0 Å². The number of hydrogen-bond donors (Lipinski definition) is 2. The predicted octanol–water partition coefficient (Wildman–Crippen LogP) is 3.66. The Morgan fingerprint density at radius 2 is 1.69 bits per heavy atom. The summed E-state index contributed by atoms with van der Waals surface area (Å²) in [6.45, 7) is -0.172. The van der Waals surface area contributed by atoms with Crippen LogP contribution in [-0.2, 0) is 16.1 Å². The molecule has 0 aromatic heterocycles. The Morgan fingerprint density at radius 1 is 0.906 bits per heavy atom. The fourth-order valence-electron chi connectivity index (χ4n) is 2.82. The van der Waals surface area contributed by atoms with Crippen molar-refractivity contribution in [2.75, 3.05) is 31.9 Å². The number of methoxy groups -OCH3 is 2. The van der Waals surface area contributed by atoms with Crippen LogP contribution < -0.4 is 25.3 Å². The molecule has 0 bridgehead atoms. The number of amides is 1. The van der Waals surface area contributed by atoms with Crippen LogP contribution in [0.5, 0.6) is 17.2 Å². The highest BCUT2D eigenvalue weighted by Gasteiger charge is 2.14. The first-order chi connectivity index (χ1) is 15.5. The zero-order valence-electron chi connectivity index (χ0n) is 17.8. The number of rotatable bonds is 9. The molecule has 0 aliphatic rings. The fourth-order valence-corrected chi connectivity index (χ4v) is 2.82. The molecule has 0 unspecified atom stereocenters. The Balaban J connectivity index is 1.60. The number of anilines is 2. The van der Waals surface area contributed by atoms with Crippen molar-refractivity contribution < 1.29 is 28.5 Å². The summed E-state index contributed by atoms with van der Waals surface area (Å²) in [5.41, 5.74) is 7.82. The van der Waals surface area contributed by atoms with Crippen LogP contribution in [0.3, 0.4) is 0 Å². The van der Waals surface area contributed by atoms with E-state index in [0.717, 1.165) is 5.56 Å². The molecule has 0 atom stereocenters. The lowest BCUT2D eigenvalue weighted by atomic mass is 10.2. The van der Waals surface area contributed by atoms with Crippen LogP contribution in [0.25, 0.3) is 0 Å². The van der Waals surface area contributed by atoms with Gasteiger partial charge in [0.1, 0.15) is 23.9 Å². The maximum atomic E-state index is 12.4. The van der Waals surface area contributed by atoms with Crippen molar-refractivity contribution in [2.24, 2.45) is 0 Å². The topological polar surface area (TPSA) is 109 Å². The third-order valence-corrected chi connectivity index (χ3v) is 4.50. The normalized spacial score (nSPS) is 10.2. The van der Waals surface area contributed by atoms with Crippen molar-refractivity contribution in [3.63, 3.8) is 0 Å². The van der Waals surface area contributed by atoms with Crippen LogP contribution in [0.4, 0.5) is 11.4 Å². The molecule has 3 rings (SSSR count). The summed E-state index contributed by atoms with van der Waals surface area (Å²) in [5, 5.41) is 2.70. The van der Waals surface area contributed by atoms with E-state index >= 15 is 0 Å². The average molecular weight is 436 g/mol. The second-order valence-corrected chi connectivity index (χ2v) is 6.72. The van der Waals surface area contributed by atoms with Crippen molar-refractivity contribution in [3.05, 3.63) is 77.9 Å². The van der Waals surface area contributed by atoms with Crippen molar-refractivity contribution in [1.82, 2.24) is 0 Å². The molecule has 0 radical (unpaired) electrons. The number of ether oxygens (including phenoxy) is 4. The Morgan fingerprint density at radius 3 is 2.41 bits per heavy atom. The molecule has 0 heterocycles. The minimum absolute atomic E-state index is 0.145. The molecule has 8 heteroatoms. The van der Waals surface area contributed by atoms with Gasteiger partial charge in [-0.05, 0) is 35.9 Å². The van der Waals surface area contributed by atoms with E-state index in [9.17, 15) is 9.59 Å². The molecule has 0 aliphatic heterocycles. The van der Waals surface area contributed by atoms with Gasteiger partial charge in [-0.3, -0.25) is 4.79 Å². The molecular formula is C24H24N2O6. The van der Waals surface area contributed by atoms with Crippen LogP contribution in [0.15, 0.2) is 66.7 Å². The number of nitrogen functional groups attached to an aromatic ring is 1. The van der Waals surface area contributed by atoms with Crippen LogP contribution in [0.2, 0.25) is 0 Å². The summed E-state index contributed by atoms with van der Waals surface area (Å²) in [6.07, 6.45) is 0. The maximum absolute atomic E-state index is 12.4. The number of nitrogens with two attached hydrogens (primary N) is 1. The van der Waals surface area contributed by atoms with Gasteiger partial charge in [0.2, 0.25) is 0 Å². The molecule has 0 aliphatic carbocycles. The minimum atomic E-state index is -0.522. The first-order valence-corrected chi connectivity index (χ1v) is 9.75. The van der Waals surface area contributed by atoms with E-state index in [1.165, 1.54) is 32.4 Å². The number of hydrogen-bond acceptors (Lipinski definition) is 7. The zero-order valence-corrected chi connectivity index (χ0v) is 17.8. The molecule has 3 aromatic rings. The second kappa shape index (κ2) is 10.7. The minimum Gasteiger partial charge on any atom is -0.497 e. The number of carbonyl (C=O) groups is 2. The lowest BCUT2D eigenvalue weighted by Gasteiger charge is -2.13. The monoisotopic (exact) mass is 436 g/mol. The Hall–Kier alpha value is -4.20. The summed E-state index contributed by atoms with van der Waals surface area (Å²) < 4.78 is 21.3. The quantitative estimate of drug-likeness (QED) is 0.389. The first kappa shape index (κ1) is 22.5. The van der Waals surface area contributed by atoms with Crippen LogP contribution in [0, 0.1) is 0 Å². The first-order valence-electron chi connectivity index (χ1n) is 9.75. The van der Waals surface area contributed by atoms with Gasteiger partial charge in [0, 0.05) is 6.07 Å². The van der Waals surface area contributed by atoms with Crippen molar-refractivity contribution >= 4 is 23.3 Å². The van der Waals surface area contributed by atoms with Crippen LogP contribution >= 0.6 is 0 Å². The van der Waals surface area contributed by atoms with Gasteiger partial charge in [0.25, 0.3) is 5.91 Å². The fraction of sp³-hybridized carbons (Fsp3) is 0.167. The molecule has 0 saturated carbocycles. The van der Waals surface area contributed by atoms with E-state index in [1.807, 2.05) is 30.3 Å². The average Bonchev–Trinajstić information content (AvgIpc) is 2.82. The summed E-state index contributed by atoms with van der Waals surface area (Å²) in [4.78, 5) is 24.7. The van der Waals surface area contributed by atoms with E-state index in [4.69, 9.17) is 24.7 Å². The van der Waals surface area contributed by atoms with Gasteiger partial charge in [-0.2, -0.15) is 0 Å². The molecule has 0 spiro atoms. The third kappa shape index (κ3) is 5.91. The summed E-state index contributed by atoms with van der Waals surface area (Å²) in [6, 6.07) is 18.9. The molecular weight excluding hydrogens is 412 g/mol. The second-order valence-electron chi connectivity index (χ2n) is 6.72. The number of benzene rings is 3. The van der Waals surface area contributed by atoms with Gasteiger partial charge in [-0.15, -0.1) is 0 Å². The largest absolute Gasteiger partial charge is 0.497 e. The van der Waals surface area contributed by atoms with Gasteiger partial charge >= 0.3 is 5.97 Å². The van der Waals surface area contributed by atoms with E-state index < -0.39 is 11.9 Å². The molecule has 0 fully saturated rings. The van der Waals surface area contributed by atoms with E-state index in [-0.39, 0.29) is 24.5 Å². The van der Waals surface area contributed by atoms with Crippen molar-refractivity contribution in [3.8, 4) is 17.2 Å². The van der Waals surface area contributed by atoms with Gasteiger partial charge in [0.05, 0.1) is 31.2 Å². The SMILES string of the molecule is COc1ccc(NC(=O)COc2cc(C(=O)OCc3ccccc3)ccc2N)c(OC)c1.